The molecule has 0 aliphatic carbocycles. The predicted molar refractivity (Wildman–Crippen MR) is 49.2 cm³/mol. The SMILES string of the molecule is CCC(C)N=NC(C)(Cl)CC. The van der Waals surface area contributed by atoms with Crippen LogP contribution in [-0.4, -0.2) is 11.0 Å². The van der Waals surface area contributed by atoms with Gasteiger partial charge in [0.1, 0.15) is 0 Å². The second-order valence-electron chi connectivity index (χ2n) is 2.97. The maximum Gasteiger partial charge on any atom is 0.151 e. The Labute approximate surface area is 74.0 Å². The summed E-state index contributed by atoms with van der Waals surface area (Å²) < 4.78 is 0. The van der Waals surface area contributed by atoms with Crippen molar-refractivity contribution in [2.45, 2.75) is 51.6 Å². The maximum absolute atomic E-state index is 5.96. The molecule has 0 aromatic carbocycles. The average molecular weight is 177 g/mol. The van der Waals surface area contributed by atoms with E-state index in [-0.39, 0.29) is 0 Å². The highest BCUT2D eigenvalue weighted by atomic mass is 35.5. The molecule has 3 heteroatoms. The molecule has 0 radical (unpaired) electrons. The monoisotopic (exact) mass is 176 g/mol. The van der Waals surface area contributed by atoms with E-state index in [1.54, 1.807) is 0 Å². The van der Waals surface area contributed by atoms with E-state index in [0.29, 0.717) is 6.04 Å². The summed E-state index contributed by atoms with van der Waals surface area (Å²) in [5, 5.41) is 8.11. The lowest BCUT2D eigenvalue weighted by Gasteiger charge is -2.12. The minimum Gasteiger partial charge on any atom is -0.189 e. The molecule has 0 saturated heterocycles. The van der Waals surface area contributed by atoms with Gasteiger partial charge < -0.3 is 0 Å². The molecule has 0 N–H and O–H groups in total. The molecule has 2 nitrogen and oxygen atoms in total. The first-order valence-corrected chi connectivity index (χ1v) is 4.50. The van der Waals surface area contributed by atoms with Gasteiger partial charge in [0, 0.05) is 0 Å². The van der Waals surface area contributed by atoms with Gasteiger partial charge in [0.25, 0.3) is 0 Å². The molecule has 0 heterocycles. The molecule has 0 aliphatic rings. The van der Waals surface area contributed by atoms with Gasteiger partial charge in [-0.2, -0.15) is 10.2 Å². The third-order valence-corrected chi connectivity index (χ3v) is 2.04. The smallest absolute Gasteiger partial charge is 0.151 e. The van der Waals surface area contributed by atoms with Crippen molar-refractivity contribution in [2.75, 3.05) is 0 Å². The summed E-state index contributed by atoms with van der Waals surface area (Å²) in [5.41, 5.74) is 0. The molecule has 11 heavy (non-hydrogen) atoms. The lowest BCUT2D eigenvalue weighted by Crippen LogP contribution is -2.10. The molecule has 0 aromatic rings. The number of azo groups is 1. The number of hydrogen-bond donors (Lipinski definition) is 0. The zero-order valence-corrected chi connectivity index (χ0v) is 8.52. The summed E-state index contributed by atoms with van der Waals surface area (Å²) in [4.78, 5) is -0.497. The van der Waals surface area contributed by atoms with Crippen LogP contribution in [0.25, 0.3) is 0 Å². The van der Waals surface area contributed by atoms with E-state index in [1.165, 1.54) is 0 Å². The van der Waals surface area contributed by atoms with Crippen molar-refractivity contribution in [2.24, 2.45) is 10.2 Å². The summed E-state index contributed by atoms with van der Waals surface area (Å²) in [7, 11) is 0. The zero-order chi connectivity index (χ0) is 8.91. The maximum atomic E-state index is 5.96. The van der Waals surface area contributed by atoms with E-state index < -0.39 is 5.00 Å². The standard InChI is InChI=1S/C8H17ClN2/c1-5-7(3)10-11-8(4,9)6-2/h7H,5-6H2,1-4H3. The zero-order valence-electron chi connectivity index (χ0n) is 7.76. The first-order chi connectivity index (χ1) is 5.02. The summed E-state index contributed by atoms with van der Waals surface area (Å²) in [6.45, 7) is 8.00. The van der Waals surface area contributed by atoms with Gasteiger partial charge in [-0.15, -0.1) is 0 Å². The van der Waals surface area contributed by atoms with Crippen LogP contribution in [0.15, 0.2) is 10.2 Å². The number of hydrogen-bond acceptors (Lipinski definition) is 2. The van der Waals surface area contributed by atoms with Crippen molar-refractivity contribution >= 4 is 11.6 Å². The van der Waals surface area contributed by atoms with Gasteiger partial charge in [0.05, 0.1) is 6.04 Å². The molecule has 0 aromatic heterocycles. The van der Waals surface area contributed by atoms with E-state index in [1.807, 2.05) is 20.8 Å². The molecular weight excluding hydrogens is 160 g/mol. The lowest BCUT2D eigenvalue weighted by molar-refractivity contribution is 0.554. The highest BCUT2D eigenvalue weighted by Gasteiger charge is 2.15. The molecule has 2 unspecified atom stereocenters. The van der Waals surface area contributed by atoms with Gasteiger partial charge in [-0.1, -0.05) is 25.4 Å². The second-order valence-corrected chi connectivity index (χ2v) is 3.78. The molecule has 0 aliphatic heterocycles. The Morgan fingerprint density at radius 3 is 2.36 bits per heavy atom. The van der Waals surface area contributed by atoms with Crippen LogP contribution in [0.1, 0.15) is 40.5 Å². The highest BCUT2D eigenvalue weighted by Crippen LogP contribution is 2.21. The van der Waals surface area contributed by atoms with E-state index in [2.05, 4.69) is 17.2 Å². The van der Waals surface area contributed by atoms with Crippen LogP contribution in [0.4, 0.5) is 0 Å². The van der Waals surface area contributed by atoms with Gasteiger partial charge in [0.15, 0.2) is 5.00 Å². The van der Waals surface area contributed by atoms with Gasteiger partial charge in [-0.3, -0.25) is 0 Å². The summed E-state index contributed by atoms with van der Waals surface area (Å²) >= 11 is 5.96. The first kappa shape index (κ1) is 10.9. The molecule has 0 rings (SSSR count). The number of alkyl halides is 1. The van der Waals surface area contributed by atoms with Crippen molar-refractivity contribution in [3.63, 3.8) is 0 Å². The van der Waals surface area contributed by atoms with Crippen LogP contribution in [0.3, 0.4) is 0 Å². The molecule has 0 fully saturated rings. The van der Waals surface area contributed by atoms with Crippen molar-refractivity contribution in [1.82, 2.24) is 0 Å². The van der Waals surface area contributed by atoms with Crippen molar-refractivity contribution in [3.8, 4) is 0 Å². The molecule has 66 valence electrons. The summed E-state index contributed by atoms with van der Waals surface area (Å²) in [6, 6.07) is 0.291. The molecular formula is C8H17ClN2. The number of halogens is 1. The van der Waals surface area contributed by atoms with Gasteiger partial charge >= 0.3 is 0 Å². The fraction of sp³-hybridized carbons (Fsp3) is 1.00. The Bertz CT molecular complexity index is 132. The third-order valence-electron chi connectivity index (χ3n) is 1.70. The molecule has 0 saturated carbocycles. The van der Waals surface area contributed by atoms with Gasteiger partial charge in [-0.25, -0.2) is 0 Å². The second kappa shape index (κ2) is 4.70. The Morgan fingerprint density at radius 1 is 1.45 bits per heavy atom. The van der Waals surface area contributed by atoms with Crippen LogP contribution in [0, 0.1) is 0 Å². The van der Waals surface area contributed by atoms with Gasteiger partial charge in [0.2, 0.25) is 0 Å². The minimum absolute atomic E-state index is 0.291. The van der Waals surface area contributed by atoms with Crippen LogP contribution >= 0.6 is 11.6 Å². The summed E-state index contributed by atoms with van der Waals surface area (Å²) in [5.74, 6) is 0. The van der Waals surface area contributed by atoms with E-state index in [4.69, 9.17) is 11.6 Å². The Morgan fingerprint density at radius 2 is 2.00 bits per heavy atom. The quantitative estimate of drug-likeness (QED) is 0.355. The Hall–Kier alpha value is -0.110. The van der Waals surface area contributed by atoms with Crippen LogP contribution in [0.2, 0.25) is 0 Å². The van der Waals surface area contributed by atoms with Crippen molar-refractivity contribution < 1.29 is 0 Å². The van der Waals surface area contributed by atoms with Crippen LogP contribution in [0.5, 0.6) is 0 Å². The fourth-order valence-electron chi connectivity index (χ4n) is 0.371. The van der Waals surface area contributed by atoms with Crippen molar-refractivity contribution in [3.05, 3.63) is 0 Å². The minimum atomic E-state index is -0.497. The highest BCUT2D eigenvalue weighted by molar-refractivity contribution is 6.23. The largest absolute Gasteiger partial charge is 0.189 e. The fourth-order valence-corrected chi connectivity index (χ4v) is 0.415. The Balaban J connectivity index is 3.90. The normalized spacial score (nSPS) is 20.1. The van der Waals surface area contributed by atoms with E-state index in [9.17, 15) is 0 Å². The molecule has 0 amide bonds. The van der Waals surface area contributed by atoms with E-state index >= 15 is 0 Å². The van der Waals surface area contributed by atoms with Crippen LogP contribution in [-0.2, 0) is 0 Å². The van der Waals surface area contributed by atoms with E-state index in [0.717, 1.165) is 12.8 Å². The van der Waals surface area contributed by atoms with Crippen LogP contribution < -0.4 is 0 Å². The molecule has 2 atom stereocenters. The van der Waals surface area contributed by atoms with Gasteiger partial charge in [-0.05, 0) is 26.7 Å². The Kier molecular flexibility index (Phi) is 4.66. The van der Waals surface area contributed by atoms with Crippen molar-refractivity contribution in [1.29, 1.82) is 0 Å². The molecule has 0 bridgehead atoms. The topological polar surface area (TPSA) is 24.7 Å². The molecule has 0 spiro atoms. The number of nitrogens with zero attached hydrogens (tertiary/aromatic N) is 2. The first-order valence-electron chi connectivity index (χ1n) is 4.12. The number of rotatable bonds is 4. The predicted octanol–water partition coefficient (Wildman–Crippen LogP) is 3.60. The average Bonchev–Trinajstić information content (AvgIpc) is 2.00. The lowest BCUT2D eigenvalue weighted by atomic mass is 10.3. The summed E-state index contributed by atoms with van der Waals surface area (Å²) in [6.07, 6.45) is 1.83. The third kappa shape index (κ3) is 5.19.